The predicted molar refractivity (Wildman–Crippen MR) is 170 cm³/mol. The maximum absolute atomic E-state index is 11.6. The first-order valence-corrected chi connectivity index (χ1v) is 17.8. The molecule has 228 valence electrons. The maximum Gasteiger partial charge on any atom is 0.308 e. The fraction of sp³-hybridized carbons (Fsp3) is 0.972. The van der Waals surface area contributed by atoms with Crippen molar-refractivity contribution >= 4 is 5.97 Å². The summed E-state index contributed by atoms with van der Waals surface area (Å²) in [6, 6.07) is 0. The minimum absolute atomic E-state index is 0.0129. The molecule has 2 heteroatoms. The van der Waals surface area contributed by atoms with E-state index in [1.54, 1.807) is 0 Å². The van der Waals surface area contributed by atoms with Gasteiger partial charge in [0.25, 0.3) is 0 Å². The zero-order valence-corrected chi connectivity index (χ0v) is 27.0. The van der Waals surface area contributed by atoms with Gasteiger partial charge in [-0.25, -0.2) is 0 Å². The van der Waals surface area contributed by atoms with Gasteiger partial charge in [-0.1, -0.05) is 194 Å². The van der Waals surface area contributed by atoms with E-state index in [0.717, 1.165) is 6.42 Å². The van der Waals surface area contributed by atoms with Gasteiger partial charge in [0.2, 0.25) is 0 Å². The Morgan fingerprint density at radius 3 is 0.895 bits per heavy atom. The third-order valence-corrected chi connectivity index (χ3v) is 8.25. The standard InChI is InChI=1S/C36H72O2/c1-5-6-7-8-9-10-11-12-13-14-15-16-17-18-19-20-21-22-23-24-25-26-27-28-29-30-31-32-33-35(4)38-36(37)34(2)3/h34-35H,5-33H2,1-4H3. The molecular weight excluding hydrogens is 464 g/mol. The van der Waals surface area contributed by atoms with Gasteiger partial charge >= 0.3 is 5.97 Å². The predicted octanol–water partition coefficient (Wildman–Crippen LogP) is 12.9. The normalized spacial score (nSPS) is 12.3. The van der Waals surface area contributed by atoms with Crippen molar-refractivity contribution in [1.82, 2.24) is 0 Å². The van der Waals surface area contributed by atoms with Gasteiger partial charge in [-0.05, 0) is 19.8 Å². The van der Waals surface area contributed by atoms with E-state index in [-0.39, 0.29) is 18.0 Å². The average Bonchev–Trinajstić information content (AvgIpc) is 2.90. The average molecular weight is 537 g/mol. The zero-order chi connectivity index (χ0) is 27.9. The SMILES string of the molecule is CCCCCCCCCCCCCCCCCCCCCCCCCCCCCCC(C)OC(=O)C(C)C. The van der Waals surface area contributed by atoms with Gasteiger partial charge in [-0.2, -0.15) is 0 Å². The van der Waals surface area contributed by atoms with Crippen molar-refractivity contribution in [1.29, 1.82) is 0 Å². The van der Waals surface area contributed by atoms with Crippen LogP contribution in [-0.2, 0) is 9.53 Å². The van der Waals surface area contributed by atoms with Crippen molar-refractivity contribution in [3.63, 3.8) is 0 Å². The van der Waals surface area contributed by atoms with E-state index < -0.39 is 0 Å². The Morgan fingerprint density at radius 2 is 0.658 bits per heavy atom. The lowest BCUT2D eigenvalue weighted by Crippen LogP contribution is -2.18. The third-order valence-electron chi connectivity index (χ3n) is 8.25. The Hall–Kier alpha value is -0.530. The van der Waals surface area contributed by atoms with Gasteiger partial charge in [-0.3, -0.25) is 4.79 Å². The van der Waals surface area contributed by atoms with Crippen LogP contribution < -0.4 is 0 Å². The molecule has 1 atom stereocenters. The van der Waals surface area contributed by atoms with E-state index in [1.807, 2.05) is 20.8 Å². The lowest BCUT2D eigenvalue weighted by molar-refractivity contribution is -0.152. The van der Waals surface area contributed by atoms with Gasteiger partial charge in [0.1, 0.15) is 0 Å². The summed E-state index contributed by atoms with van der Waals surface area (Å²) >= 11 is 0. The molecule has 0 heterocycles. The highest BCUT2D eigenvalue weighted by atomic mass is 16.5. The Labute approximate surface area is 241 Å². The summed E-state index contributed by atoms with van der Waals surface area (Å²) < 4.78 is 5.43. The largest absolute Gasteiger partial charge is 0.462 e. The molecule has 2 nitrogen and oxygen atoms in total. The van der Waals surface area contributed by atoms with Crippen LogP contribution in [0.15, 0.2) is 0 Å². The van der Waals surface area contributed by atoms with E-state index >= 15 is 0 Å². The van der Waals surface area contributed by atoms with E-state index in [0.29, 0.717) is 0 Å². The number of hydrogen-bond donors (Lipinski definition) is 0. The topological polar surface area (TPSA) is 26.3 Å². The molecule has 0 aromatic carbocycles. The van der Waals surface area contributed by atoms with Gasteiger partial charge in [0.15, 0.2) is 0 Å². The molecule has 0 aliphatic rings. The monoisotopic (exact) mass is 537 g/mol. The molecule has 0 aliphatic heterocycles. The van der Waals surface area contributed by atoms with Crippen molar-refractivity contribution in [3.05, 3.63) is 0 Å². The van der Waals surface area contributed by atoms with Crippen molar-refractivity contribution in [2.45, 2.75) is 220 Å². The summed E-state index contributed by atoms with van der Waals surface area (Å²) in [5.74, 6) is -0.0705. The van der Waals surface area contributed by atoms with Crippen molar-refractivity contribution in [2.24, 2.45) is 5.92 Å². The maximum atomic E-state index is 11.6. The molecule has 1 unspecified atom stereocenters. The highest BCUT2D eigenvalue weighted by Gasteiger charge is 2.12. The second-order valence-electron chi connectivity index (χ2n) is 12.7. The number of esters is 1. The Morgan fingerprint density at radius 1 is 0.421 bits per heavy atom. The van der Waals surface area contributed by atoms with E-state index in [2.05, 4.69) is 6.92 Å². The molecule has 0 N–H and O–H groups in total. The lowest BCUT2D eigenvalue weighted by Gasteiger charge is -2.14. The summed E-state index contributed by atoms with van der Waals surface area (Å²) in [5, 5.41) is 0. The summed E-state index contributed by atoms with van der Waals surface area (Å²) in [7, 11) is 0. The molecule has 0 aliphatic carbocycles. The Balaban J connectivity index is 3.11. The summed E-state index contributed by atoms with van der Waals surface area (Å²) in [5.41, 5.74) is 0. The molecular formula is C36H72O2. The molecule has 0 spiro atoms. The molecule has 0 aromatic rings. The van der Waals surface area contributed by atoms with Crippen LogP contribution >= 0.6 is 0 Å². The van der Waals surface area contributed by atoms with Crippen molar-refractivity contribution in [2.75, 3.05) is 0 Å². The van der Waals surface area contributed by atoms with Crippen LogP contribution in [0, 0.1) is 5.92 Å². The third kappa shape index (κ3) is 30.0. The number of rotatable bonds is 31. The molecule has 0 radical (unpaired) electrons. The number of unbranched alkanes of at least 4 members (excludes halogenated alkanes) is 27. The van der Waals surface area contributed by atoms with Crippen LogP contribution in [0.2, 0.25) is 0 Å². The Bertz CT molecular complexity index is 458. The van der Waals surface area contributed by atoms with E-state index in [1.165, 1.54) is 180 Å². The summed E-state index contributed by atoms with van der Waals surface area (Å²) in [6.45, 7) is 8.13. The number of carbonyl (C=O) groups excluding carboxylic acids is 1. The van der Waals surface area contributed by atoms with Gasteiger partial charge < -0.3 is 4.74 Å². The van der Waals surface area contributed by atoms with Crippen LogP contribution in [0.3, 0.4) is 0 Å². The molecule has 0 amide bonds. The summed E-state index contributed by atoms with van der Waals surface area (Å²) in [4.78, 5) is 11.6. The highest BCUT2D eigenvalue weighted by molar-refractivity contribution is 5.71. The van der Waals surface area contributed by atoms with Crippen LogP contribution in [-0.4, -0.2) is 12.1 Å². The van der Waals surface area contributed by atoms with E-state index in [9.17, 15) is 4.79 Å². The lowest BCUT2D eigenvalue weighted by atomic mass is 10.0. The quantitative estimate of drug-likeness (QED) is 0.0650. The Kier molecular flexibility index (Phi) is 30.6. The second kappa shape index (κ2) is 31.0. The first kappa shape index (κ1) is 37.5. The molecule has 0 rings (SSSR count). The van der Waals surface area contributed by atoms with Crippen LogP contribution in [0.25, 0.3) is 0 Å². The molecule has 38 heavy (non-hydrogen) atoms. The number of ether oxygens (including phenoxy) is 1. The first-order valence-electron chi connectivity index (χ1n) is 17.8. The molecule has 0 bridgehead atoms. The van der Waals surface area contributed by atoms with E-state index in [4.69, 9.17) is 4.74 Å². The highest BCUT2D eigenvalue weighted by Crippen LogP contribution is 2.17. The minimum Gasteiger partial charge on any atom is -0.462 e. The fourth-order valence-electron chi connectivity index (χ4n) is 5.49. The molecule has 0 fully saturated rings. The fourth-order valence-corrected chi connectivity index (χ4v) is 5.49. The number of carbonyl (C=O) groups is 1. The first-order chi connectivity index (χ1) is 18.6. The zero-order valence-electron chi connectivity index (χ0n) is 27.0. The van der Waals surface area contributed by atoms with Crippen LogP contribution in [0.4, 0.5) is 0 Å². The smallest absolute Gasteiger partial charge is 0.308 e. The van der Waals surface area contributed by atoms with Crippen LogP contribution in [0.1, 0.15) is 214 Å². The van der Waals surface area contributed by atoms with Crippen molar-refractivity contribution < 1.29 is 9.53 Å². The minimum atomic E-state index is -0.0577. The molecule has 0 saturated carbocycles. The number of hydrogen-bond acceptors (Lipinski definition) is 2. The van der Waals surface area contributed by atoms with Gasteiger partial charge in [-0.15, -0.1) is 0 Å². The summed E-state index contributed by atoms with van der Waals surface area (Å²) in [6.07, 6.45) is 41.3. The van der Waals surface area contributed by atoms with Gasteiger partial charge in [0, 0.05) is 0 Å². The second-order valence-corrected chi connectivity index (χ2v) is 12.7. The molecule has 0 aromatic heterocycles. The molecule has 0 saturated heterocycles. The van der Waals surface area contributed by atoms with Crippen molar-refractivity contribution in [3.8, 4) is 0 Å². The van der Waals surface area contributed by atoms with Gasteiger partial charge in [0.05, 0.1) is 12.0 Å². The van der Waals surface area contributed by atoms with Crippen LogP contribution in [0.5, 0.6) is 0 Å².